The summed E-state index contributed by atoms with van der Waals surface area (Å²) in [6.07, 6.45) is 9.81. The van der Waals surface area contributed by atoms with Gasteiger partial charge in [0, 0.05) is 17.1 Å². The van der Waals surface area contributed by atoms with Crippen LogP contribution in [0.15, 0.2) is 54.6 Å². The molecule has 1 nitrogen and oxygen atoms in total. The SMILES string of the molecule is C1=CCC(c2cc3ccccc3[nH]2)C=C1. The third-order valence-corrected chi connectivity index (χ3v) is 2.93. The first-order valence-corrected chi connectivity index (χ1v) is 5.34. The van der Waals surface area contributed by atoms with Crippen LogP contribution in [0.1, 0.15) is 18.0 Å². The first-order valence-electron chi connectivity index (χ1n) is 5.34. The first kappa shape index (κ1) is 8.54. The lowest BCUT2D eigenvalue weighted by atomic mass is 9.97. The highest BCUT2D eigenvalue weighted by Gasteiger charge is 2.10. The van der Waals surface area contributed by atoms with E-state index in [9.17, 15) is 0 Å². The first-order chi connectivity index (χ1) is 7.43. The van der Waals surface area contributed by atoms with Crippen molar-refractivity contribution in [2.24, 2.45) is 0 Å². The van der Waals surface area contributed by atoms with Crippen LogP contribution in [-0.4, -0.2) is 4.98 Å². The molecule has 1 aromatic carbocycles. The standard InChI is InChI=1S/C14H13N/c1-2-6-11(7-3-1)14-10-12-8-4-5-9-13(12)15-14/h1-6,8-11,15H,7H2. The quantitative estimate of drug-likeness (QED) is 0.713. The minimum atomic E-state index is 0.516. The lowest BCUT2D eigenvalue weighted by molar-refractivity contribution is 0.828. The Labute approximate surface area is 89.1 Å². The molecule has 1 unspecified atom stereocenters. The van der Waals surface area contributed by atoms with Crippen molar-refractivity contribution < 1.29 is 0 Å². The number of hydrogen-bond donors (Lipinski definition) is 1. The van der Waals surface area contributed by atoms with E-state index in [1.165, 1.54) is 16.6 Å². The molecule has 0 fully saturated rings. The summed E-state index contributed by atoms with van der Waals surface area (Å²) in [7, 11) is 0. The smallest absolute Gasteiger partial charge is 0.0456 e. The lowest BCUT2D eigenvalue weighted by Crippen LogP contribution is -1.95. The lowest BCUT2D eigenvalue weighted by Gasteiger charge is -2.10. The van der Waals surface area contributed by atoms with Gasteiger partial charge in [0.1, 0.15) is 0 Å². The number of fused-ring (bicyclic) bond motifs is 1. The summed E-state index contributed by atoms with van der Waals surface area (Å²) in [6.45, 7) is 0. The highest BCUT2D eigenvalue weighted by atomic mass is 14.7. The molecule has 1 atom stereocenters. The zero-order valence-corrected chi connectivity index (χ0v) is 8.48. The zero-order valence-electron chi connectivity index (χ0n) is 8.48. The number of hydrogen-bond acceptors (Lipinski definition) is 0. The van der Waals surface area contributed by atoms with Gasteiger partial charge in [-0.2, -0.15) is 0 Å². The molecule has 0 bridgehead atoms. The van der Waals surface area contributed by atoms with Gasteiger partial charge in [0.15, 0.2) is 0 Å². The highest BCUT2D eigenvalue weighted by Crippen LogP contribution is 2.26. The molecule has 0 saturated heterocycles. The Bertz CT molecular complexity index is 498. The number of rotatable bonds is 1. The fourth-order valence-electron chi connectivity index (χ4n) is 2.11. The minimum absolute atomic E-state index is 0.516. The van der Waals surface area contributed by atoms with Crippen molar-refractivity contribution in [1.29, 1.82) is 0 Å². The van der Waals surface area contributed by atoms with E-state index in [0.29, 0.717) is 5.92 Å². The third-order valence-electron chi connectivity index (χ3n) is 2.93. The van der Waals surface area contributed by atoms with Crippen molar-refractivity contribution in [1.82, 2.24) is 4.98 Å². The molecule has 74 valence electrons. The Morgan fingerprint density at radius 2 is 2.07 bits per heavy atom. The minimum Gasteiger partial charge on any atom is -0.358 e. The van der Waals surface area contributed by atoms with E-state index < -0.39 is 0 Å². The van der Waals surface area contributed by atoms with Crippen LogP contribution in [0.3, 0.4) is 0 Å². The molecule has 1 heteroatoms. The van der Waals surface area contributed by atoms with Crippen molar-refractivity contribution in [3.8, 4) is 0 Å². The number of H-pyrrole nitrogens is 1. The molecule has 1 aliphatic carbocycles. The van der Waals surface area contributed by atoms with Crippen LogP contribution >= 0.6 is 0 Å². The predicted molar refractivity (Wildman–Crippen MR) is 63.9 cm³/mol. The molecular weight excluding hydrogens is 182 g/mol. The number of benzene rings is 1. The fourth-order valence-corrected chi connectivity index (χ4v) is 2.11. The predicted octanol–water partition coefficient (Wildman–Crippen LogP) is 3.77. The van der Waals surface area contributed by atoms with Crippen LogP contribution in [0.5, 0.6) is 0 Å². The molecule has 1 aromatic heterocycles. The van der Waals surface area contributed by atoms with Gasteiger partial charge in [-0.1, -0.05) is 42.5 Å². The number of aromatic nitrogens is 1. The molecule has 0 amide bonds. The summed E-state index contributed by atoms with van der Waals surface area (Å²) in [6, 6.07) is 10.7. The fraction of sp³-hybridized carbons (Fsp3) is 0.143. The van der Waals surface area contributed by atoms with E-state index in [-0.39, 0.29) is 0 Å². The number of para-hydroxylation sites is 1. The van der Waals surface area contributed by atoms with Crippen molar-refractivity contribution in [3.63, 3.8) is 0 Å². The van der Waals surface area contributed by atoms with Gasteiger partial charge in [0.25, 0.3) is 0 Å². The molecule has 0 radical (unpaired) electrons. The van der Waals surface area contributed by atoms with E-state index in [1.54, 1.807) is 0 Å². The van der Waals surface area contributed by atoms with Crippen molar-refractivity contribution in [2.45, 2.75) is 12.3 Å². The Hall–Kier alpha value is -1.76. The number of allylic oxidation sites excluding steroid dienone is 4. The van der Waals surface area contributed by atoms with E-state index >= 15 is 0 Å². The normalized spacial score (nSPS) is 19.9. The maximum atomic E-state index is 3.48. The molecule has 0 saturated carbocycles. The van der Waals surface area contributed by atoms with Gasteiger partial charge in [-0.05, 0) is 23.9 Å². The van der Waals surface area contributed by atoms with Gasteiger partial charge in [0.05, 0.1) is 0 Å². The van der Waals surface area contributed by atoms with Gasteiger partial charge in [0.2, 0.25) is 0 Å². The van der Waals surface area contributed by atoms with Crippen LogP contribution in [0.4, 0.5) is 0 Å². The second kappa shape index (κ2) is 3.43. The average Bonchev–Trinajstić information content (AvgIpc) is 2.74. The van der Waals surface area contributed by atoms with Crippen LogP contribution in [0.25, 0.3) is 10.9 Å². The van der Waals surface area contributed by atoms with Crippen molar-refractivity contribution >= 4 is 10.9 Å². The van der Waals surface area contributed by atoms with Crippen molar-refractivity contribution in [2.75, 3.05) is 0 Å². The molecule has 1 heterocycles. The topological polar surface area (TPSA) is 15.8 Å². The molecule has 3 rings (SSSR count). The van der Waals surface area contributed by atoms with Crippen LogP contribution in [-0.2, 0) is 0 Å². The van der Waals surface area contributed by atoms with Gasteiger partial charge < -0.3 is 4.98 Å². The summed E-state index contributed by atoms with van der Waals surface area (Å²) in [5, 5.41) is 1.30. The van der Waals surface area contributed by atoms with E-state index in [2.05, 4.69) is 59.6 Å². The maximum Gasteiger partial charge on any atom is 0.0456 e. The van der Waals surface area contributed by atoms with E-state index in [4.69, 9.17) is 0 Å². The summed E-state index contributed by atoms with van der Waals surface area (Å²) in [4.78, 5) is 3.48. The second-order valence-electron chi connectivity index (χ2n) is 3.97. The molecule has 0 aliphatic heterocycles. The summed E-state index contributed by atoms with van der Waals surface area (Å²) in [5.41, 5.74) is 2.55. The van der Waals surface area contributed by atoms with Crippen LogP contribution in [0.2, 0.25) is 0 Å². The summed E-state index contributed by atoms with van der Waals surface area (Å²) >= 11 is 0. The Morgan fingerprint density at radius 3 is 2.87 bits per heavy atom. The summed E-state index contributed by atoms with van der Waals surface area (Å²) in [5.74, 6) is 0.516. The van der Waals surface area contributed by atoms with Gasteiger partial charge in [-0.25, -0.2) is 0 Å². The molecule has 1 N–H and O–H groups in total. The zero-order chi connectivity index (χ0) is 10.1. The largest absolute Gasteiger partial charge is 0.358 e. The number of nitrogens with one attached hydrogen (secondary N) is 1. The monoisotopic (exact) mass is 195 g/mol. The Kier molecular flexibility index (Phi) is 1.95. The van der Waals surface area contributed by atoms with Gasteiger partial charge in [-0.15, -0.1) is 0 Å². The van der Waals surface area contributed by atoms with Gasteiger partial charge >= 0.3 is 0 Å². The highest BCUT2D eigenvalue weighted by molar-refractivity contribution is 5.80. The molecule has 2 aromatic rings. The van der Waals surface area contributed by atoms with Crippen molar-refractivity contribution in [3.05, 3.63) is 60.3 Å². The average molecular weight is 195 g/mol. The molecule has 1 aliphatic rings. The number of aromatic amines is 1. The van der Waals surface area contributed by atoms with Gasteiger partial charge in [-0.3, -0.25) is 0 Å². The van der Waals surface area contributed by atoms with Crippen LogP contribution in [0, 0.1) is 0 Å². The van der Waals surface area contributed by atoms with E-state index in [1.807, 2.05) is 0 Å². The molecule has 0 spiro atoms. The summed E-state index contributed by atoms with van der Waals surface area (Å²) < 4.78 is 0. The Balaban J connectivity index is 2.04. The maximum absolute atomic E-state index is 3.48. The third kappa shape index (κ3) is 1.50. The van der Waals surface area contributed by atoms with E-state index in [0.717, 1.165) is 6.42 Å². The second-order valence-corrected chi connectivity index (χ2v) is 3.97. The molecular formula is C14H13N. The molecule has 15 heavy (non-hydrogen) atoms. The Morgan fingerprint density at radius 1 is 1.13 bits per heavy atom. The van der Waals surface area contributed by atoms with Crippen LogP contribution < -0.4 is 0 Å².